The van der Waals surface area contributed by atoms with Gasteiger partial charge in [0.2, 0.25) is 0 Å². The topological polar surface area (TPSA) is 29.5 Å². The van der Waals surface area contributed by atoms with Crippen LogP contribution in [-0.4, -0.2) is 0 Å². The normalized spacial score (nSPS) is 11.6. The van der Waals surface area contributed by atoms with Crippen molar-refractivity contribution in [2.45, 2.75) is 0 Å². The van der Waals surface area contributed by atoms with Crippen molar-refractivity contribution in [1.29, 1.82) is 0 Å². The molecule has 0 bridgehead atoms. The van der Waals surface area contributed by atoms with E-state index in [9.17, 15) is 0 Å². The van der Waals surface area contributed by atoms with Gasteiger partial charge in [-0.25, -0.2) is 0 Å². The van der Waals surface area contributed by atoms with Gasteiger partial charge in [-0.15, -0.1) is 0 Å². The second-order valence-corrected chi connectivity index (χ2v) is 14.1. The molecule has 0 amide bonds. The van der Waals surface area contributed by atoms with Crippen molar-refractivity contribution in [3.63, 3.8) is 0 Å². The molecule has 0 spiro atoms. The van der Waals surface area contributed by atoms with Gasteiger partial charge in [0, 0.05) is 44.5 Å². The summed E-state index contributed by atoms with van der Waals surface area (Å²) in [5.41, 5.74) is 13.6. The van der Waals surface area contributed by atoms with Crippen molar-refractivity contribution in [3.05, 3.63) is 200 Å². The summed E-state index contributed by atoms with van der Waals surface area (Å²) in [5.74, 6) is 0. The predicted octanol–water partition coefficient (Wildman–Crippen LogP) is 15.1. The van der Waals surface area contributed by atoms with Gasteiger partial charge in [0.1, 0.15) is 22.3 Å². The zero-order chi connectivity index (χ0) is 36.3. The molecular weight excluding hydrogens is 671 g/mol. The largest absolute Gasteiger partial charge is 0.456 e. The molecule has 258 valence electrons. The first-order chi connectivity index (χ1) is 27.3. The Morgan fingerprint density at radius 3 is 1.71 bits per heavy atom. The van der Waals surface area contributed by atoms with E-state index in [1.54, 1.807) is 0 Å². The molecule has 3 nitrogen and oxygen atoms in total. The van der Waals surface area contributed by atoms with E-state index in [1.165, 1.54) is 27.5 Å². The Hall–Kier alpha value is -7.36. The van der Waals surface area contributed by atoms with Crippen LogP contribution in [0.1, 0.15) is 0 Å². The average Bonchev–Trinajstić information content (AvgIpc) is 3.82. The van der Waals surface area contributed by atoms with E-state index in [0.29, 0.717) is 0 Å². The lowest BCUT2D eigenvalue weighted by atomic mass is 9.93. The second-order valence-electron chi connectivity index (χ2n) is 14.1. The summed E-state index contributed by atoms with van der Waals surface area (Å²) in [7, 11) is 0. The van der Waals surface area contributed by atoms with Crippen molar-refractivity contribution in [2.24, 2.45) is 0 Å². The van der Waals surface area contributed by atoms with E-state index in [4.69, 9.17) is 8.83 Å². The van der Waals surface area contributed by atoms with Crippen molar-refractivity contribution in [3.8, 4) is 33.4 Å². The Balaban J connectivity index is 1.09. The lowest BCUT2D eigenvalue weighted by Crippen LogP contribution is -2.11. The molecule has 0 aliphatic carbocycles. The molecule has 11 aromatic rings. The first-order valence-electron chi connectivity index (χ1n) is 18.7. The molecule has 0 N–H and O–H groups in total. The fourth-order valence-electron chi connectivity index (χ4n) is 8.31. The number of anilines is 3. The summed E-state index contributed by atoms with van der Waals surface area (Å²) in [5, 5.41) is 6.91. The van der Waals surface area contributed by atoms with E-state index >= 15 is 0 Å². The minimum absolute atomic E-state index is 0.852. The van der Waals surface area contributed by atoms with Crippen LogP contribution in [0.3, 0.4) is 0 Å². The summed E-state index contributed by atoms with van der Waals surface area (Å²) in [6.07, 6.45) is 0. The fraction of sp³-hybridized carbons (Fsp3) is 0. The van der Waals surface area contributed by atoms with Crippen LogP contribution in [0.25, 0.3) is 88.0 Å². The lowest BCUT2D eigenvalue weighted by Gasteiger charge is -2.28. The van der Waals surface area contributed by atoms with Crippen LogP contribution >= 0.6 is 0 Å². The van der Waals surface area contributed by atoms with Gasteiger partial charge < -0.3 is 13.7 Å². The van der Waals surface area contributed by atoms with E-state index in [0.717, 1.165) is 77.6 Å². The van der Waals surface area contributed by atoms with Crippen molar-refractivity contribution in [2.75, 3.05) is 4.90 Å². The van der Waals surface area contributed by atoms with Gasteiger partial charge in [-0.2, -0.15) is 0 Å². The molecule has 0 saturated carbocycles. The van der Waals surface area contributed by atoms with Crippen LogP contribution in [-0.2, 0) is 0 Å². The molecule has 0 aliphatic rings. The third kappa shape index (κ3) is 5.20. The number of hydrogen-bond donors (Lipinski definition) is 0. The molecule has 2 aromatic heterocycles. The number of nitrogens with zero attached hydrogens (tertiary/aromatic N) is 1. The Kier molecular flexibility index (Phi) is 7.17. The zero-order valence-corrected chi connectivity index (χ0v) is 29.8. The molecule has 55 heavy (non-hydrogen) atoms. The third-order valence-electron chi connectivity index (χ3n) is 10.9. The predicted molar refractivity (Wildman–Crippen MR) is 229 cm³/mol. The minimum Gasteiger partial charge on any atom is -0.456 e. The smallest absolute Gasteiger partial charge is 0.137 e. The highest BCUT2D eigenvalue weighted by atomic mass is 16.3. The highest BCUT2D eigenvalue weighted by molar-refractivity contribution is 6.14. The summed E-state index contributed by atoms with van der Waals surface area (Å²) in [6.45, 7) is 0. The highest BCUT2D eigenvalue weighted by Crippen LogP contribution is 2.46. The monoisotopic (exact) mass is 703 g/mol. The number of rotatable bonds is 6. The standard InChI is InChI=1S/C52H33NO2/c1-2-13-36-32-37(25-24-34(36)12-1)41-15-4-3-14-40(41)35-26-28-38(29-27-35)53(39-30-31-44-43-17-6-9-21-48(43)55-51(44)33-39)47-20-8-5-16-42(47)45-19-11-23-50-52(45)46-18-7-10-22-49(46)54-50/h1-33H. The van der Waals surface area contributed by atoms with E-state index in [-0.39, 0.29) is 0 Å². The van der Waals surface area contributed by atoms with Gasteiger partial charge in [0.15, 0.2) is 0 Å². The van der Waals surface area contributed by atoms with Gasteiger partial charge in [0.25, 0.3) is 0 Å². The molecule has 0 atom stereocenters. The lowest BCUT2D eigenvalue weighted by molar-refractivity contribution is 0.668. The van der Waals surface area contributed by atoms with Crippen LogP contribution in [0.4, 0.5) is 17.1 Å². The summed E-state index contributed by atoms with van der Waals surface area (Å²) < 4.78 is 12.8. The maximum absolute atomic E-state index is 6.45. The molecule has 0 aliphatic heterocycles. The molecule has 11 rings (SSSR count). The molecule has 0 unspecified atom stereocenters. The first-order valence-corrected chi connectivity index (χ1v) is 18.7. The Bertz CT molecular complexity index is 3220. The van der Waals surface area contributed by atoms with Gasteiger partial charge in [-0.1, -0.05) is 140 Å². The zero-order valence-electron chi connectivity index (χ0n) is 29.8. The fourth-order valence-corrected chi connectivity index (χ4v) is 8.31. The van der Waals surface area contributed by atoms with Gasteiger partial charge in [0.05, 0.1) is 5.69 Å². The van der Waals surface area contributed by atoms with E-state index in [2.05, 4.69) is 181 Å². The Morgan fingerprint density at radius 1 is 0.309 bits per heavy atom. The van der Waals surface area contributed by atoms with Gasteiger partial charge in [-0.05, 0) is 93.2 Å². The van der Waals surface area contributed by atoms with Gasteiger partial charge >= 0.3 is 0 Å². The van der Waals surface area contributed by atoms with Crippen LogP contribution in [0.5, 0.6) is 0 Å². The number of fused-ring (bicyclic) bond motifs is 7. The summed E-state index contributed by atoms with van der Waals surface area (Å²) >= 11 is 0. The summed E-state index contributed by atoms with van der Waals surface area (Å²) in [6, 6.07) is 71.0. The highest BCUT2D eigenvalue weighted by Gasteiger charge is 2.21. The van der Waals surface area contributed by atoms with Crippen molar-refractivity contribution < 1.29 is 8.83 Å². The number of hydrogen-bond acceptors (Lipinski definition) is 3. The summed E-state index contributed by atoms with van der Waals surface area (Å²) in [4.78, 5) is 2.35. The van der Waals surface area contributed by atoms with Crippen molar-refractivity contribution in [1.82, 2.24) is 0 Å². The maximum Gasteiger partial charge on any atom is 0.137 e. The van der Waals surface area contributed by atoms with Crippen molar-refractivity contribution >= 4 is 71.7 Å². The molecule has 3 heteroatoms. The molecule has 0 saturated heterocycles. The number of benzene rings is 9. The van der Waals surface area contributed by atoms with E-state index in [1.807, 2.05) is 24.3 Å². The first kappa shape index (κ1) is 31.2. The average molecular weight is 704 g/mol. The van der Waals surface area contributed by atoms with Crippen LogP contribution in [0, 0.1) is 0 Å². The molecule has 0 fully saturated rings. The number of para-hydroxylation sites is 3. The SMILES string of the molecule is c1ccc(-c2ccc3ccccc3c2)c(-c2ccc(N(c3ccc4c(c3)oc3ccccc34)c3ccccc3-c3cccc4oc5ccccc5c34)cc2)c1. The molecule has 0 radical (unpaired) electrons. The minimum atomic E-state index is 0.852. The maximum atomic E-state index is 6.45. The van der Waals surface area contributed by atoms with Gasteiger partial charge in [-0.3, -0.25) is 0 Å². The van der Waals surface area contributed by atoms with E-state index < -0.39 is 0 Å². The third-order valence-corrected chi connectivity index (χ3v) is 10.9. The van der Waals surface area contributed by atoms with Crippen LogP contribution < -0.4 is 4.90 Å². The second kappa shape index (κ2) is 12.6. The quantitative estimate of drug-likeness (QED) is 0.173. The Labute approximate surface area is 317 Å². The Morgan fingerprint density at radius 2 is 0.873 bits per heavy atom. The van der Waals surface area contributed by atoms with Crippen LogP contribution in [0.2, 0.25) is 0 Å². The molecular formula is C52H33NO2. The molecule has 2 heterocycles. The molecule has 9 aromatic carbocycles. The van der Waals surface area contributed by atoms with Crippen LogP contribution in [0.15, 0.2) is 209 Å². The number of furan rings is 2.